The summed E-state index contributed by atoms with van der Waals surface area (Å²) in [5.41, 5.74) is 1.22. The fourth-order valence-corrected chi connectivity index (χ4v) is 2.34. The molecule has 0 aromatic heterocycles. The van der Waals surface area contributed by atoms with E-state index in [-0.39, 0.29) is 11.7 Å². The molecule has 1 aromatic carbocycles. The Kier molecular flexibility index (Phi) is 4.31. The van der Waals surface area contributed by atoms with Gasteiger partial charge < -0.3 is 10.6 Å². The first-order valence-electron chi connectivity index (χ1n) is 6.44. The summed E-state index contributed by atoms with van der Waals surface area (Å²) in [6.45, 7) is 3.49. The quantitative estimate of drug-likeness (QED) is 0.858. The van der Waals surface area contributed by atoms with Gasteiger partial charge in [0, 0.05) is 18.2 Å². The normalized spacial score (nSPS) is 18.9. The van der Waals surface area contributed by atoms with Crippen molar-refractivity contribution in [1.29, 1.82) is 0 Å². The summed E-state index contributed by atoms with van der Waals surface area (Å²) in [7, 11) is 0. The highest BCUT2D eigenvalue weighted by Gasteiger charge is 2.14. The summed E-state index contributed by atoms with van der Waals surface area (Å²) in [5, 5.41) is 6.27. The number of nitrogens with one attached hydrogen (secondary N) is 2. The number of hydrogen-bond acceptors (Lipinski definition) is 2. The summed E-state index contributed by atoms with van der Waals surface area (Å²) in [6.07, 6.45) is 3.35. The van der Waals surface area contributed by atoms with Gasteiger partial charge in [0.15, 0.2) is 0 Å². The Morgan fingerprint density at radius 2 is 2.39 bits per heavy atom. The average Bonchev–Trinajstić information content (AvgIpc) is 2.81. The van der Waals surface area contributed by atoms with Gasteiger partial charge in [0.2, 0.25) is 0 Å². The molecule has 1 aliphatic heterocycles. The highest BCUT2D eigenvalue weighted by Crippen LogP contribution is 2.11. The van der Waals surface area contributed by atoms with Crippen LogP contribution >= 0.6 is 0 Å². The van der Waals surface area contributed by atoms with Crippen LogP contribution in [-0.2, 0) is 0 Å². The second-order valence-electron chi connectivity index (χ2n) is 4.80. The van der Waals surface area contributed by atoms with Crippen molar-refractivity contribution in [2.45, 2.75) is 32.2 Å². The minimum Gasteiger partial charge on any atom is -0.352 e. The first kappa shape index (κ1) is 13.0. The highest BCUT2D eigenvalue weighted by molar-refractivity contribution is 5.95. The maximum atomic E-state index is 12.9. The van der Waals surface area contributed by atoms with Gasteiger partial charge in [-0.15, -0.1) is 0 Å². The first-order valence-corrected chi connectivity index (χ1v) is 6.44. The molecule has 0 spiro atoms. The SMILES string of the molecule is Cc1cc(F)ccc1C(=O)NCC[C@H]1CCCN1. The largest absolute Gasteiger partial charge is 0.352 e. The summed E-state index contributed by atoms with van der Waals surface area (Å²) < 4.78 is 12.9. The molecule has 1 atom stereocenters. The van der Waals surface area contributed by atoms with Gasteiger partial charge in [-0.2, -0.15) is 0 Å². The summed E-state index contributed by atoms with van der Waals surface area (Å²) >= 11 is 0. The van der Waals surface area contributed by atoms with Crippen molar-refractivity contribution in [3.8, 4) is 0 Å². The summed E-state index contributed by atoms with van der Waals surface area (Å²) in [4.78, 5) is 11.9. The molecule has 2 N–H and O–H groups in total. The molecular weight excluding hydrogens is 231 g/mol. The number of aryl methyl sites for hydroxylation is 1. The van der Waals surface area contributed by atoms with E-state index in [0.717, 1.165) is 13.0 Å². The minimum absolute atomic E-state index is 0.120. The first-order chi connectivity index (χ1) is 8.66. The zero-order valence-electron chi connectivity index (χ0n) is 10.6. The van der Waals surface area contributed by atoms with Crippen LogP contribution in [0.1, 0.15) is 35.2 Å². The predicted molar refractivity (Wildman–Crippen MR) is 69.1 cm³/mol. The molecule has 1 amide bonds. The Morgan fingerprint density at radius 1 is 1.56 bits per heavy atom. The third-order valence-electron chi connectivity index (χ3n) is 3.37. The van der Waals surface area contributed by atoms with Crippen molar-refractivity contribution < 1.29 is 9.18 Å². The van der Waals surface area contributed by atoms with E-state index in [0.29, 0.717) is 23.7 Å². The van der Waals surface area contributed by atoms with E-state index in [2.05, 4.69) is 10.6 Å². The summed E-state index contributed by atoms with van der Waals surface area (Å²) in [5.74, 6) is -0.426. The molecule has 18 heavy (non-hydrogen) atoms. The van der Waals surface area contributed by atoms with Crippen LogP contribution in [0.4, 0.5) is 4.39 Å². The molecule has 1 aromatic rings. The number of amides is 1. The van der Waals surface area contributed by atoms with Crippen molar-refractivity contribution in [2.24, 2.45) is 0 Å². The van der Waals surface area contributed by atoms with E-state index < -0.39 is 0 Å². The van der Waals surface area contributed by atoms with Crippen LogP contribution in [0.15, 0.2) is 18.2 Å². The lowest BCUT2D eigenvalue weighted by Gasteiger charge is -2.11. The number of rotatable bonds is 4. The van der Waals surface area contributed by atoms with Crippen LogP contribution < -0.4 is 10.6 Å². The van der Waals surface area contributed by atoms with Crippen LogP contribution in [0.25, 0.3) is 0 Å². The molecule has 4 heteroatoms. The van der Waals surface area contributed by atoms with E-state index >= 15 is 0 Å². The van der Waals surface area contributed by atoms with Crippen LogP contribution in [0.2, 0.25) is 0 Å². The minimum atomic E-state index is -0.306. The molecule has 0 aliphatic carbocycles. The summed E-state index contributed by atoms with van der Waals surface area (Å²) in [6, 6.07) is 4.77. The maximum Gasteiger partial charge on any atom is 0.251 e. The Hall–Kier alpha value is -1.42. The van der Waals surface area contributed by atoms with Gasteiger partial charge in [-0.25, -0.2) is 4.39 Å². The van der Waals surface area contributed by atoms with Crippen molar-refractivity contribution in [3.05, 3.63) is 35.1 Å². The molecule has 0 saturated carbocycles. The number of carbonyl (C=O) groups excluding carboxylic acids is 1. The Morgan fingerprint density at radius 3 is 3.06 bits per heavy atom. The molecule has 0 bridgehead atoms. The smallest absolute Gasteiger partial charge is 0.251 e. The van der Waals surface area contributed by atoms with Gasteiger partial charge >= 0.3 is 0 Å². The molecule has 1 aliphatic rings. The molecule has 0 radical (unpaired) electrons. The third-order valence-corrected chi connectivity index (χ3v) is 3.37. The Labute approximate surface area is 107 Å². The molecule has 2 rings (SSSR count). The van der Waals surface area contributed by atoms with Crippen LogP contribution in [0.3, 0.4) is 0 Å². The number of hydrogen-bond donors (Lipinski definition) is 2. The molecular formula is C14H19FN2O. The standard InChI is InChI=1S/C14H19FN2O/c1-10-9-11(15)4-5-13(10)14(18)17-8-6-12-3-2-7-16-12/h4-5,9,12,16H,2-3,6-8H2,1H3,(H,17,18)/t12-/m1/s1. The van der Waals surface area contributed by atoms with E-state index in [9.17, 15) is 9.18 Å². The van der Waals surface area contributed by atoms with E-state index in [4.69, 9.17) is 0 Å². The molecule has 3 nitrogen and oxygen atoms in total. The maximum absolute atomic E-state index is 12.9. The number of carbonyl (C=O) groups is 1. The van der Waals surface area contributed by atoms with Crippen LogP contribution in [-0.4, -0.2) is 25.0 Å². The second kappa shape index (κ2) is 5.96. The zero-order valence-corrected chi connectivity index (χ0v) is 10.6. The molecule has 1 heterocycles. The van der Waals surface area contributed by atoms with Gasteiger partial charge in [0.1, 0.15) is 5.82 Å². The lowest BCUT2D eigenvalue weighted by molar-refractivity contribution is 0.0951. The van der Waals surface area contributed by atoms with Gasteiger partial charge in [-0.1, -0.05) is 0 Å². The van der Waals surface area contributed by atoms with Crippen molar-refractivity contribution in [3.63, 3.8) is 0 Å². The average molecular weight is 250 g/mol. The molecule has 1 fully saturated rings. The van der Waals surface area contributed by atoms with Crippen molar-refractivity contribution in [2.75, 3.05) is 13.1 Å². The van der Waals surface area contributed by atoms with E-state index in [1.165, 1.54) is 31.0 Å². The molecule has 0 unspecified atom stereocenters. The lowest BCUT2D eigenvalue weighted by Crippen LogP contribution is -2.30. The fraction of sp³-hybridized carbons (Fsp3) is 0.500. The zero-order chi connectivity index (χ0) is 13.0. The highest BCUT2D eigenvalue weighted by atomic mass is 19.1. The number of halogens is 1. The Balaban J connectivity index is 1.83. The van der Waals surface area contributed by atoms with Gasteiger partial charge in [-0.05, 0) is 56.5 Å². The van der Waals surface area contributed by atoms with Gasteiger partial charge in [0.05, 0.1) is 0 Å². The Bertz CT molecular complexity index is 428. The van der Waals surface area contributed by atoms with Crippen molar-refractivity contribution in [1.82, 2.24) is 10.6 Å². The fourth-order valence-electron chi connectivity index (χ4n) is 2.34. The van der Waals surface area contributed by atoms with E-state index in [1.54, 1.807) is 6.92 Å². The lowest BCUT2D eigenvalue weighted by atomic mass is 10.1. The molecule has 98 valence electrons. The van der Waals surface area contributed by atoms with Crippen LogP contribution in [0.5, 0.6) is 0 Å². The van der Waals surface area contributed by atoms with Gasteiger partial charge in [0.25, 0.3) is 5.91 Å². The second-order valence-corrected chi connectivity index (χ2v) is 4.80. The van der Waals surface area contributed by atoms with Crippen molar-refractivity contribution >= 4 is 5.91 Å². The topological polar surface area (TPSA) is 41.1 Å². The third kappa shape index (κ3) is 3.29. The number of benzene rings is 1. The van der Waals surface area contributed by atoms with E-state index in [1.807, 2.05) is 0 Å². The molecule has 1 saturated heterocycles. The van der Waals surface area contributed by atoms with Gasteiger partial charge in [-0.3, -0.25) is 4.79 Å². The monoisotopic (exact) mass is 250 g/mol. The predicted octanol–water partition coefficient (Wildman–Crippen LogP) is 2.01. The van der Waals surface area contributed by atoms with Crippen LogP contribution in [0, 0.1) is 12.7 Å².